The molecule has 0 bridgehead atoms. The molecule has 4 nitrogen and oxygen atoms in total. The summed E-state index contributed by atoms with van der Waals surface area (Å²) in [6.45, 7) is 8.51. The Morgan fingerprint density at radius 2 is 2.15 bits per heavy atom. The highest BCUT2D eigenvalue weighted by Gasteiger charge is 2.19. The number of imidazole rings is 1. The number of benzene rings is 1. The normalized spacial score (nSPS) is 10.5. The number of rotatable bonds is 4. The summed E-state index contributed by atoms with van der Waals surface area (Å²) in [6, 6.07) is 9.56. The van der Waals surface area contributed by atoms with Gasteiger partial charge in [0.15, 0.2) is 0 Å². The Bertz CT molecular complexity index is 674. The quantitative estimate of drug-likeness (QED) is 0.863. The molecule has 0 saturated heterocycles. The van der Waals surface area contributed by atoms with Crippen LogP contribution in [-0.2, 0) is 6.54 Å². The van der Waals surface area contributed by atoms with Crippen molar-refractivity contribution in [2.75, 3.05) is 5.73 Å². The van der Waals surface area contributed by atoms with E-state index in [1.807, 2.05) is 22.8 Å². The molecule has 0 aliphatic carbocycles. The first-order valence-electron chi connectivity index (χ1n) is 6.56. The molecule has 0 aliphatic heterocycles. The standard InChI is InChI=1S/C16H18N4/c1-4-9-20-15(18)14(19-16(20)11(2)3)13-8-6-5-7-12(13)10-17/h4-8,11H,1,9,18H2,2-3H3. The summed E-state index contributed by atoms with van der Waals surface area (Å²) in [4.78, 5) is 4.65. The van der Waals surface area contributed by atoms with Crippen LogP contribution >= 0.6 is 0 Å². The van der Waals surface area contributed by atoms with Crippen LogP contribution in [-0.4, -0.2) is 9.55 Å². The second-order valence-corrected chi connectivity index (χ2v) is 4.92. The van der Waals surface area contributed by atoms with Crippen molar-refractivity contribution in [1.29, 1.82) is 5.26 Å². The van der Waals surface area contributed by atoms with Crippen molar-refractivity contribution < 1.29 is 0 Å². The lowest BCUT2D eigenvalue weighted by atomic mass is 10.1. The number of nitriles is 1. The number of hydrogen-bond acceptors (Lipinski definition) is 3. The molecule has 1 aromatic heterocycles. The van der Waals surface area contributed by atoms with E-state index in [4.69, 9.17) is 5.73 Å². The lowest BCUT2D eigenvalue weighted by molar-refractivity contribution is 0.684. The number of hydrogen-bond donors (Lipinski definition) is 1. The molecular formula is C16H18N4. The van der Waals surface area contributed by atoms with E-state index in [9.17, 15) is 5.26 Å². The molecule has 2 aromatic rings. The summed E-state index contributed by atoms with van der Waals surface area (Å²) in [5.74, 6) is 1.74. The zero-order valence-electron chi connectivity index (χ0n) is 11.8. The lowest BCUT2D eigenvalue weighted by Crippen LogP contribution is -2.07. The van der Waals surface area contributed by atoms with Gasteiger partial charge in [-0.2, -0.15) is 5.26 Å². The van der Waals surface area contributed by atoms with Crippen LogP contribution in [0.3, 0.4) is 0 Å². The van der Waals surface area contributed by atoms with E-state index in [1.165, 1.54) is 0 Å². The zero-order valence-corrected chi connectivity index (χ0v) is 11.8. The monoisotopic (exact) mass is 266 g/mol. The summed E-state index contributed by atoms with van der Waals surface area (Å²) in [6.07, 6.45) is 1.80. The number of anilines is 1. The molecule has 2 N–H and O–H groups in total. The minimum absolute atomic E-state index is 0.250. The molecule has 20 heavy (non-hydrogen) atoms. The van der Waals surface area contributed by atoms with E-state index >= 15 is 0 Å². The molecule has 4 heteroatoms. The molecule has 0 saturated carbocycles. The Kier molecular flexibility index (Phi) is 3.90. The van der Waals surface area contributed by atoms with E-state index in [0.717, 1.165) is 11.4 Å². The van der Waals surface area contributed by atoms with Crippen molar-refractivity contribution in [1.82, 2.24) is 9.55 Å². The molecule has 0 spiro atoms. The molecule has 102 valence electrons. The topological polar surface area (TPSA) is 67.6 Å². The molecule has 0 unspecified atom stereocenters. The van der Waals surface area contributed by atoms with Crippen LogP contribution < -0.4 is 5.73 Å². The van der Waals surface area contributed by atoms with E-state index in [-0.39, 0.29) is 5.92 Å². The van der Waals surface area contributed by atoms with Crippen LogP contribution in [0.5, 0.6) is 0 Å². The van der Waals surface area contributed by atoms with Crippen LogP contribution in [0.15, 0.2) is 36.9 Å². The van der Waals surface area contributed by atoms with Crippen molar-refractivity contribution in [2.24, 2.45) is 0 Å². The first-order chi connectivity index (χ1) is 9.60. The summed E-state index contributed by atoms with van der Waals surface area (Å²) >= 11 is 0. The Morgan fingerprint density at radius 1 is 1.45 bits per heavy atom. The molecular weight excluding hydrogens is 248 g/mol. The van der Waals surface area contributed by atoms with Crippen molar-refractivity contribution in [2.45, 2.75) is 26.3 Å². The second-order valence-electron chi connectivity index (χ2n) is 4.92. The highest BCUT2D eigenvalue weighted by Crippen LogP contribution is 2.31. The third-order valence-electron chi connectivity index (χ3n) is 3.17. The molecule has 0 amide bonds. The van der Waals surface area contributed by atoms with Crippen molar-refractivity contribution in [3.63, 3.8) is 0 Å². The number of nitrogens with two attached hydrogens (primary N) is 1. The molecule has 0 aliphatic rings. The van der Waals surface area contributed by atoms with Gasteiger partial charge in [0.1, 0.15) is 17.3 Å². The van der Waals surface area contributed by atoms with E-state index in [0.29, 0.717) is 23.6 Å². The van der Waals surface area contributed by atoms with Crippen LogP contribution in [0, 0.1) is 11.3 Å². The number of nitrogen functional groups attached to an aromatic ring is 1. The third kappa shape index (κ3) is 2.30. The SMILES string of the molecule is C=CCn1c(C(C)C)nc(-c2ccccc2C#N)c1N. The average molecular weight is 266 g/mol. The fourth-order valence-electron chi connectivity index (χ4n) is 2.23. The van der Waals surface area contributed by atoms with Gasteiger partial charge < -0.3 is 10.3 Å². The number of allylic oxidation sites excluding steroid dienone is 1. The smallest absolute Gasteiger partial charge is 0.132 e. The van der Waals surface area contributed by atoms with Gasteiger partial charge in [0, 0.05) is 18.0 Å². The van der Waals surface area contributed by atoms with Crippen LogP contribution in [0.1, 0.15) is 31.2 Å². The van der Waals surface area contributed by atoms with E-state index < -0.39 is 0 Å². The van der Waals surface area contributed by atoms with Crippen LogP contribution in [0.2, 0.25) is 0 Å². The molecule has 0 fully saturated rings. The number of aromatic nitrogens is 2. The molecule has 1 aromatic carbocycles. The van der Waals surface area contributed by atoms with Crippen molar-refractivity contribution in [3.8, 4) is 17.3 Å². The lowest BCUT2D eigenvalue weighted by Gasteiger charge is -2.09. The predicted molar refractivity (Wildman–Crippen MR) is 81.1 cm³/mol. The van der Waals surface area contributed by atoms with Gasteiger partial charge in [0.25, 0.3) is 0 Å². The molecule has 0 radical (unpaired) electrons. The highest BCUT2D eigenvalue weighted by atomic mass is 15.1. The maximum absolute atomic E-state index is 9.22. The van der Waals surface area contributed by atoms with Gasteiger partial charge in [-0.05, 0) is 6.07 Å². The summed E-state index contributed by atoms with van der Waals surface area (Å²) in [5.41, 5.74) is 8.26. The van der Waals surface area contributed by atoms with Gasteiger partial charge in [-0.3, -0.25) is 0 Å². The first kappa shape index (κ1) is 13.9. The minimum Gasteiger partial charge on any atom is -0.383 e. The first-order valence-corrected chi connectivity index (χ1v) is 6.56. The predicted octanol–water partition coefficient (Wildman–Crippen LogP) is 3.31. The molecule has 1 heterocycles. The van der Waals surface area contributed by atoms with Gasteiger partial charge in [-0.25, -0.2) is 4.98 Å². The maximum Gasteiger partial charge on any atom is 0.132 e. The van der Waals surface area contributed by atoms with Gasteiger partial charge in [-0.1, -0.05) is 38.1 Å². The van der Waals surface area contributed by atoms with Crippen molar-refractivity contribution in [3.05, 3.63) is 48.3 Å². The van der Waals surface area contributed by atoms with Crippen LogP contribution in [0.4, 0.5) is 5.82 Å². The average Bonchev–Trinajstić information content (AvgIpc) is 2.77. The number of nitrogens with zero attached hydrogens (tertiary/aromatic N) is 3. The van der Waals surface area contributed by atoms with Gasteiger partial charge >= 0.3 is 0 Å². The Balaban J connectivity index is 2.67. The second kappa shape index (κ2) is 5.62. The van der Waals surface area contributed by atoms with E-state index in [1.54, 1.807) is 12.1 Å². The van der Waals surface area contributed by atoms with Gasteiger partial charge in [0.05, 0.1) is 11.6 Å². The van der Waals surface area contributed by atoms with E-state index in [2.05, 4.69) is 31.5 Å². The zero-order chi connectivity index (χ0) is 14.7. The molecule has 2 rings (SSSR count). The maximum atomic E-state index is 9.22. The Labute approximate surface area is 119 Å². The summed E-state index contributed by atoms with van der Waals surface area (Å²) < 4.78 is 1.95. The molecule has 0 atom stereocenters. The summed E-state index contributed by atoms with van der Waals surface area (Å²) in [5, 5.41) is 9.22. The minimum atomic E-state index is 0.250. The Hall–Kier alpha value is -2.54. The fraction of sp³-hybridized carbons (Fsp3) is 0.250. The van der Waals surface area contributed by atoms with Crippen molar-refractivity contribution >= 4 is 5.82 Å². The third-order valence-corrected chi connectivity index (χ3v) is 3.17. The van der Waals surface area contributed by atoms with Gasteiger partial charge in [0.2, 0.25) is 0 Å². The Morgan fingerprint density at radius 3 is 2.75 bits per heavy atom. The fourth-order valence-corrected chi connectivity index (χ4v) is 2.23. The van der Waals surface area contributed by atoms with Crippen LogP contribution in [0.25, 0.3) is 11.3 Å². The highest BCUT2D eigenvalue weighted by molar-refractivity contribution is 5.76. The summed E-state index contributed by atoms with van der Waals surface area (Å²) in [7, 11) is 0. The van der Waals surface area contributed by atoms with Gasteiger partial charge in [-0.15, -0.1) is 6.58 Å². The largest absolute Gasteiger partial charge is 0.383 e.